The van der Waals surface area contributed by atoms with Crippen LogP contribution in [0.15, 0.2) is 0 Å². The molecule has 0 radical (unpaired) electrons. The summed E-state index contributed by atoms with van der Waals surface area (Å²) in [6, 6.07) is 0. The minimum absolute atomic E-state index is 0.0460. The van der Waals surface area contributed by atoms with E-state index in [1.165, 1.54) is 0 Å². The third kappa shape index (κ3) is 1.17. The van der Waals surface area contributed by atoms with Gasteiger partial charge in [0, 0.05) is 5.92 Å². The fourth-order valence-electron chi connectivity index (χ4n) is 4.21. The Hall–Kier alpha value is -0.130. The molecule has 4 bridgehead atoms. The van der Waals surface area contributed by atoms with E-state index in [4.69, 9.17) is 4.18 Å². The van der Waals surface area contributed by atoms with E-state index >= 15 is 0 Å². The molecule has 1 N–H and O–H groups in total. The van der Waals surface area contributed by atoms with Gasteiger partial charge in [0.15, 0.2) is 0 Å². The normalized spacial score (nSPS) is 52.7. The molecule has 3 rings (SSSR count). The zero-order chi connectivity index (χ0) is 10.9. The summed E-state index contributed by atoms with van der Waals surface area (Å²) >= 11 is 0. The van der Waals surface area contributed by atoms with Crippen LogP contribution in [0, 0.1) is 11.8 Å². The van der Waals surface area contributed by atoms with Crippen molar-refractivity contribution in [2.24, 2.45) is 11.8 Å². The molecule has 0 aliphatic heterocycles. The molecule has 0 aromatic carbocycles. The molecule has 5 heteroatoms. The molecular weight excluding hydrogens is 216 g/mol. The predicted octanol–water partition coefficient (Wildman–Crippen LogP) is 0.656. The van der Waals surface area contributed by atoms with Crippen LogP contribution in [0.1, 0.15) is 32.1 Å². The molecule has 3 aliphatic carbocycles. The van der Waals surface area contributed by atoms with Crippen molar-refractivity contribution in [1.29, 1.82) is 0 Å². The van der Waals surface area contributed by atoms with Gasteiger partial charge in [0.2, 0.25) is 0 Å². The van der Waals surface area contributed by atoms with Gasteiger partial charge in [-0.1, -0.05) is 0 Å². The first-order chi connectivity index (χ1) is 6.86. The first-order valence-electron chi connectivity index (χ1n) is 5.49. The Morgan fingerprint density at radius 2 is 2.07 bits per heavy atom. The Morgan fingerprint density at radius 3 is 2.60 bits per heavy atom. The minimum atomic E-state index is -3.41. The summed E-state index contributed by atoms with van der Waals surface area (Å²) in [5.74, 6) is 0.308. The van der Waals surface area contributed by atoms with Crippen molar-refractivity contribution in [3.63, 3.8) is 0 Å². The zero-order valence-electron chi connectivity index (χ0n) is 8.77. The summed E-state index contributed by atoms with van der Waals surface area (Å²) in [5.41, 5.74) is -1.18. The van der Waals surface area contributed by atoms with Crippen LogP contribution in [0.5, 0.6) is 0 Å². The van der Waals surface area contributed by atoms with Crippen LogP contribution in [0.4, 0.5) is 0 Å². The van der Waals surface area contributed by atoms with Crippen molar-refractivity contribution in [2.75, 3.05) is 6.26 Å². The monoisotopic (exact) mass is 232 g/mol. The highest BCUT2D eigenvalue weighted by atomic mass is 32.2. The predicted molar refractivity (Wildman–Crippen MR) is 53.7 cm³/mol. The molecule has 3 saturated carbocycles. The Bertz CT molecular complexity index is 404. The van der Waals surface area contributed by atoms with Crippen LogP contribution < -0.4 is 0 Å². The molecule has 0 aromatic rings. The maximum atomic E-state index is 11.2. The summed E-state index contributed by atoms with van der Waals surface area (Å²) in [6.45, 7) is 0. The molecule has 0 unspecified atom stereocenters. The third-order valence-electron chi connectivity index (χ3n) is 4.61. The first kappa shape index (κ1) is 10.1. The van der Waals surface area contributed by atoms with Crippen LogP contribution in [0.3, 0.4) is 0 Å². The summed E-state index contributed by atoms with van der Waals surface area (Å²) in [4.78, 5) is 0. The fraction of sp³-hybridized carbons (Fsp3) is 1.00. The van der Waals surface area contributed by atoms with Gasteiger partial charge in [0.25, 0.3) is 10.1 Å². The van der Waals surface area contributed by atoms with E-state index in [-0.39, 0.29) is 11.8 Å². The van der Waals surface area contributed by atoms with E-state index in [2.05, 4.69) is 0 Å². The highest BCUT2D eigenvalue weighted by molar-refractivity contribution is 7.86. The van der Waals surface area contributed by atoms with E-state index in [0.717, 1.165) is 25.5 Å². The zero-order valence-corrected chi connectivity index (χ0v) is 9.59. The molecule has 0 heterocycles. The van der Waals surface area contributed by atoms with Crippen LogP contribution in [0.25, 0.3) is 0 Å². The maximum absolute atomic E-state index is 11.2. The number of hydrogen-bond donors (Lipinski definition) is 1. The fourth-order valence-corrected chi connectivity index (χ4v) is 5.08. The molecule has 0 spiro atoms. The van der Waals surface area contributed by atoms with E-state index < -0.39 is 21.3 Å². The second-order valence-electron chi connectivity index (χ2n) is 5.37. The Kier molecular flexibility index (Phi) is 1.73. The molecule has 4 nitrogen and oxygen atoms in total. The first-order valence-corrected chi connectivity index (χ1v) is 7.30. The van der Waals surface area contributed by atoms with E-state index in [1.807, 2.05) is 0 Å². The van der Waals surface area contributed by atoms with Gasteiger partial charge >= 0.3 is 0 Å². The molecule has 15 heavy (non-hydrogen) atoms. The Labute approximate surface area is 89.7 Å². The smallest absolute Gasteiger partial charge is 0.264 e. The van der Waals surface area contributed by atoms with Crippen molar-refractivity contribution < 1.29 is 17.7 Å². The summed E-state index contributed by atoms with van der Waals surface area (Å²) < 4.78 is 27.8. The lowest BCUT2D eigenvalue weighted by molar-refractivity contribution is -0.00111. The van der Waals surface area contributed by atoms with Gasteiger partial charge in [0.05, 0.1) is 17.5 Å². The van der Waals surface area contributed by atoms with Crippen molar-refractivity contribution >= 4 is 10.1 Å². The van der Waals surface area contributed by atoms with E-state index in [9.17, 15) is 13.5 Å². The summed E-state index contributed by atoms with van der Waals surface area (Å²) in [5, 5.41) is 10.4. The van der Waals surface area contributed by atoms with Crippen LogP contribution in [0.2, 0.25) is 0 Å². The van der Waals surface area contributed by atoms with Crippen molar-refractivity contribution in [3.8, 4) is 0 Å². The summed E-state index contributed by atoms with van der Waals surface area (Å²) in [7, 11) is -3.41. The van der Waals surface area contributed by atoms with E-state index in [1.54, 1.807) is 0 Å². The highest BCUT2D eigenvalue weighted by Crippen LogP contribution is 2.67. The van der Waals surface area contributed by atoms with Gasteiger partial charge in [-0.2, -0.15) is 8.42 Å². The minimum Gasteiger partial charge on any atom is -0.389 e. The second kappa shape index (κ2) is 2.57. The Morgan fingerprint density at radius 1 is 1.33 bits per heavy atom. The van der Waals surface area contributed by atoms with Crippen LogP contribution in [-0.4, -0.2) is 31.0 Å². The van der Waals surface area contributed by atoms with Crippen molar-refractivity contribution in [1.82, 2.24) is 0 Å². The molecule has 3 aliphatic rings. The number of rotatable bonds is 2. The molecule has 4 atom stereocenters. The van der Waals surface area contributed by atoms with Gasteiger partial charge in [-0.3, -0.25) is 4.18 Å². The molecule has 86 valence electrons. The molecule has 0 saturated heterocycles. The summed E-state index contributed by atoms with van der Waals surface area (Å²) in [6.07, 6.45) is 5.16. The van der Waals surface area contributed by atoms with Gasteiger partial charge in [-0.05, 0) is 38.0 Å². The molecule has 3 fully saturated rings. The average molecular weight is 232 g/mol. The third-order valence-corrected chi connectivity index (χ3v) is 5.24. The van der Waals surface area contributed by atoms with E-state index in [0.29, 0.717) is 12.8 Å². The average Bonchev–Trinajstić information content (AvgIpc) is 2.60. The molecule has 0 amide bonds. The number of hydrogen-bond acceptors (Lipinski definition) is 4. The second-order valence-corrected chi connectivity index (χ2v) is 6.95. The molecule has 0 aromatic heterocycles. The lowest BCUT2D eigenvalue weighted by atomic mass is 9.82. The van der Waals surface area contributed by atoms with Crippen molar-refractivity contribution in [2.45, 2.75) is 43.3 Å². The molecular formula is C10H16O4S. The topological polar surface area (TPSA) is 63.6 Å². The van der Waals surface area contributed by atoms with Gasteiger partial charge in [-0.15, -0.1) is 0 Å². The van der Waals surface area contributed by atoms with Crippen LogP contribution >= 0.6 is 0 Å². The Balaban J connectivity index is 1.97. The lowest BCUT2D eigenvalue weighted by Gasteiger charge is -2.33. The SMILES string of the molecule is CS(=O)(=O)O[C@]12CC[C@]3(O)[C@H](CC[C@@H]13)C2. The standard InChI is InChI=1S/C10H16O4S/c1-15(12,13)14-9-4-5-10(11)7(6-9)2-3-8(9)10/h7-8,11H,2-6H2,1H3/t7-,8+,9+,10+/m1/s1. The maximum Gasteiger partial charge on any atom is 0.264 e. The quantitative estimate of drug-likeness (QED) is 0.710. The van der Waals surface area contributed by atoms with Gasteiger partial charge in [0.1, 0.15) is 0 Å². The number of aliphatic hydroxyl groups is 1. The lowest BCUT2D eigenvalue weighted by Crippen LogP contribution is -2.38. The van der Waals surface area contributed by atoms with Gasteiger partial charge in [-0.25, -0.2) is 0 Å². The highest BCUT2D eigenvalue weighted by Gasteiger charge is 2.71. The van der Waals surface area contributed by atoms with Gasteiger partial charge < -0.3 is 5.11 Å². The largest absolute Gasteiger partial charge is 0.389 e. The van der Waals surface area contributed by atoms with Crippen LogP contribution in [-0.2, 0) is 14.3 Å². The van der Waals surface area contributed by atoms with Crippen molar-refractivity contribution in [3.05, 3.63) is 0 Å².